The molecule has 3 rings (SSSR count). The predicted octanol–water partition coefficient (Wildman–Crippen LogP) is 5.09. The summed E-state index contributed by atoms with van der Waals surface area (Å²) in [5.41, 5.74) is 3.41. The number of para-hydroxylation sites is 1. The monoisotopic (exact) mass is 418 g/mol. The van der Waals surface area contributed by atoms with Crippen LogP contribution in [0.2, 0.25) is 0 Å². The van der Waals surface area contributed by atoms with Crippen LogP contribution in [-0.2, 0) is 11.2 Å². The zero-order valence-electron chi connectivity index (χ0n) is 17.1. The second-order valence-electron chi connectivity index (χ2n) is 7.00. The minimum Gasteiger partial charge on any atom is -0.352 e. The maximum atomic E-state index is 12.6. The van der Waals surface area contributed by atoms with Crippen molar-refractivity contribution >= 4 is 29.3 Å². The van der Waals surface area contributed by atoms with Gasteiger partial charge in [-0.15, -0.1) is 11.8 Å². The SMILES string of the molecule is Cc1ccc(SCCC(=O)Nc2ccccc2C(=O)NCCc2ccccc2)cc1. The Bertz CT molecular complexity index is 972. The number of benzene rings is 3. The molecule has 0 aliphatic rings. The summed E-state index contributed by atoms with van der Waals surface area (Å²) in [6.45, 7) is 2.59. The highest BCUT2D eigenvalue weighted by atomic mass is 32.2. The van der Waals surface area contributed by atoms with Crippen LogP contribution in [0.25, 0.3) is 0 Å². The van der Waals surface area contributed by atoms with Crippen molar-refractivity contribution in [3.8, 4) is 0 Å². The van der Waals surface area contributed by atoms with E-state index < -0.39 is 0 Å². The first-order valence-corrected chi connectivity index (χ1v) is 11.0. The first kappa shape index (κ1) is 21.7. The topological polar surface area (TPSA) is 58.2 Å². The maximum Gasteiger partial charge on any atom is 0.253 e. The lowest BCUT2D eigenvalue weighted by Gasteiger charge is -2.11. The zero-order valence-corrected chi connectivity index (χ0v) is 17.9. The van der Waals surface area contributed by atoms with Crippen LogP contribution in [0.15, 0.2) is 83.8 Å². The highest BCUT2D eigenvalue weighted by molar-refractivity contribution is 7.99. The number of anilines is 1. The van der Waals surface area contributed by atoms with E-state index in [-0.39, 0.29) is 11.8 Å². The number of carbonyl (C=O) groups excluding carboxylic acids is 2. The van der Waals surface area contributed by atoms with E-state index >= 15 is 0 Å². The standard InChI is InChI=1S/C25H26N2O2S/c1-19-11-13-21(14-12-19)30-18-16-24(28)27-23-10-6-5-9-22(23)25(29)26-17-15-20-7-3-2-4-8-20/h2-14H,15-18H2,1H3,(H,26,29)(H,27,28). The molecule has 0 spiro atoms. The summed E-state index contributed by atoms with van der Waals surface area (Å²) in [5.74, 6) is 0.398. The van der Waals surface area contributed by atoms with Gasteiger partial charge in [0.25, 0.3) is 5.91 Å². The second-order valence-corrected chi connectivity index (χ2v) is 8.17. The summed E-state index contributed by atoms with van der Waals surface area (Å²) in [7, 11) is 0. The molecular formula is C25H26N2O2S. The van der Waals surface area contributed by atoms with E-state index in [0.29, 0.717) is 30.0 Å². The largest absolute Gasteiger partial charge is 0.352 e. The molecule has 3 aromatic carbocycles. The van der Waals surface area contributed by atoms with Crippen LogP contribution in [0.1, 0.15) is 27.9 Å². The third kappa shape index (κ3) is 6.78. The number of rotatable bonds is 9. The van der Waals surface area contributed by atoms with Crippen molar-refractivity contribution in [1.82, 2.24) is 5.32 Å². The lowest BCUT2D eigenvalue weighted by atomic mass is 10.1. The highest BCUT2D eigenvalue weighted by Gasteiger charge is 2.13. The van der Waals surface area contributed by atoms with E-state index in [1.54, 1.807) is 30.0 Å². The van der Waals surface area contributed by atoms with Crippen LogP contribution in [0.3, 0.4) is 0 Å². The third-order valence-corrected chi connectivity index (χ3v) is 5.62. The molecule has 0 radical (unpaired) electrons. The molecule has 0 aliphatic heterocycles. The summed E-state index contributed by atoms with van der Waals surface area (Å²) in [6, 6.07) is 25.4. The molecule has 0 fully saturated rings. The van der Waals surface area contributed by atoms with Crippen LogP contribution >= 0.6 is 11.8 Å². The van der Waals surface area contributed by atoms with Gasteiger partial charge in [0.2, 0.25) is 5.91 Å². The number of nitrogens with one attached hydrogen (secondary N) is 2. The van der Waals surface area contributed by atoms with Gasteiger partial charge in [0.1, 0.15) is 0 Å². The Morgan fingerprint density at radius 1 is 0.867 bits per heavy atom. The molecule has 154 valence electrons. The molecule has 0 aliphatic carbocycles. The van der Waals surface area contributed by atoms with Crippen LogP contribution < -0.4 is 10.6 Å². The van der Waals surface area contributed by atoms with E-state index in [9.17, 15) is 9.59 Å². The third-order valence-electron chi connectivity index (χ3n) is 4.61. The Kier molecular flexibility index (Phi) is 8.10. The molecule has 0 unspecified atom stereocenters. The maximum absolute atomic E-state index is 12.6. The molecular weight excluding hydrogens is 392 g/mol. The molecule has 2 amide bonds. The minimum absolute atomic E-state index is 0.0980. The fourth-order valence-corrected chi connectivity index (χ4v) is 3.81. The molecule has 0 heterocycles. The van der Waals surface area contributed by atoms with E-state index in [2.05, 4.69) is 41.8 Å². The number of thioether (sulfide) groups is 1. The number of amides is 2. The highest BCUT2D eigenvalue weighted by Crippen LogP contribution is 2.20. The lowest BCUT2D eigenvalue weighted by Crippen LogP contribution is -2.27. The van der Waals surface area contributed by atoms with Gasteiger partial charge in [0.05, 0.1) is 11.3 Å². The van der Waals surface area contributed by atoms with E-state index in [0.717, 1.165) is 11.3 Å². The Morgan fingerprint density at radius 3 is 2.33 bits per heavy atom. The van der Waals surface area contributed by atoms with Gasteiger partial charge < -0.3 is 10.6 Å². The Morgan fingerprint density at radius 2 is 1.57 bits per heavy atom. The molecule has 0 atom stereocenters. The fraction of sp³-hybridized carbons (Fsp3) is 0.200. The average molecular weight is 419 g/mol. The molecule has 30 heavy (non-hydrogen) atoms. The van der Waals surface area contributed by atoms with Crippen LogP contribution in [0, 0.1) is 6.92 Å². The zero-order chi connectivity index (χ0) is 21.2. The summed E-state index contributed by atoms with van der Waals surface area (Å²) < 4.78 is 0. The van der Waals surface area contributed by atoms with Crippen molar-refractivity contribution in [2.75, 3.05) is 17.6 Å². The Labute approximate surface area is 182 Å². The fourth-order valence-electron chi connectivity index (χ4n) is 2.96. The smallest absolute Gasteiger partial charge is 0.253 e. The first-order chi connectivity index (χ1) is 14.6. The molecule has 0 aromatic heterocycles. The minimum atomic E-state index is -0.184. The van der Waals surface area contributed by atoms with Gasteiger partial charge >= 0.3 is 0 Å². The van der Waals surface area contributed by atoms with Gasteiger partial charge in [-0.25, -0.2) is 0 Å². The van der Waals surface area contributed by atoms with Gasteiger partial charge in [0.15, 0.2) is 0 Å². The predicted molar refractivity (Wildman–Crippen MR) is 124 cm³/mol. The van der Waals surface area contributed by atoms with Crippen LogP contribution in [0.5, 0.6) is 0 Å². The van der Waals surface area contributed by atoms with E-state index in [1.807, 2.05) is 36.4 Å². The van der Waals surface area contributed by atoms with Crippen molar-refractivity contribution < 1.29 is 9.59 Å². The molecule has 2 N–H and O–H groups in total. The number of hydrogen-bond donors (Lipinski definition) is 2. The van der Waals surface area contributed by atoms with Crippen LogP contribution in [-0.4, -0.2) is 24.1 Å². The molecule has 0 saturated carbocycles. The van der Waals surface area contributed by atoms with E-state index in [4.69, 9.17) is 0 Å². The van der Waals surface area contributed by atoms with Gasteiger partial charge in [-0.2, -0.15) is 0 Å². The lowest BCUT2D eigenvalue weighted by molar-refractivity contribution is -0.115. The molecule has 4 nitrogen and oxygen atoms in total. The van der Waals surface area contributed by atoms with Gasteiger partial charge in [-0.1, -0.05) is 60.2 Å². The summed E-state index contributed by atoms with van der Waals surface area (Å²) >= 11 is 1.65. The van der Waals surface area contributed by atoms with Gasteiger partial charge in [0, 0.05) is 23.6 Å². The quantitative estimate of drug-likeness (QED) is 0.476. The van der Waals surface area contributed by atoms with Gasteiger partial charge in [-0.05, 0) is 43.2 Å². The van der Waals surface area contributed by atoms with Crippen molar-refractivity contribution in [2.45, 2.75) is 24.7 Å². The molecule has 5 heteroatoms. The van der Waals surface area contributed by atoms with Crippen molar-refractivity contribution in [1.29, 1.82) is 0 Å². The summed E-state index contributed by atoms with van der Waals surface area (Å²) in [5, 5.41) is 5.82. The number of aryl methyl sites for hydroxylation is 1. The van der Waals surface area contributed by atoms with Crippen molar-refractivity contribution in [3.05, 3.63) is 95.6 Å². The molecule has 3 aromatic rings. The molecule has 0 saturated heterocycles. The van der Waals surface area contributed by atoms with Crippen molar-refractivity contribution in [2.24, 2.45) is 0 Å². The summed E-state index contributed by atoms with van der Waals surface area (Å²) in [4.78, 5) is 26.1. The summed E-state index contributed by atoms with van der Waals surface area (Å²) in [6.07, 6.45) is 1.14. The Balaban J connectivity index is 1.49. The second kappa shape index (κ2) is 11.2. The van der Waals surface area contributed by atoms with Crippen molar-refractivity contribution in [3.63, 3.8) is 0 Å². The van der Waals surface area contributed by atoms with E-state index in [1.165, 1.54) is 11.1 Å². The van der Waals surface area contributed by atoms with Crippen LogP contribution in [0.4, 0.5) is 5.69 Å². The first-order valence-electron chi connectivity index (χ1n) is 10.0. The number of hydrogen-bond acceptors (Lipinski definition) is 3. The molecule has 0 bridgehead atoms. The normalized spacial score (nSPS) is 10.4. The van der Waals surface area contributed by atoms with Gasteiger partial charge in [-0.3, -0.25) is 9.59 Å². The Hall–Kier alpha value is -3.05. The average Bonchev–Trinajstić information content (AvgIpc) is 2.76. The number of carbonyl (C=O) groups is 2.